The molecule has 0 aromatic heterocycles. The Bertz CT molecular complexity index is 1850. The smallest absolute Gasteiger partial charge is 0.329 e. The Labute approximate surface area is 403 Å². The summed E-state index contributed by atoms with van der Waals surface area (Å²) in [6, 6.07) is -0.388. The standard InChI is InChI=1S/C50H80N2O16/c1-18-20-21-52(16)37-22-29(5)61-47(42(37)63-34(10)53)67-43-31(7)41(66-39-24-48(13,58-17)45(33(9)62-39)64-35(11)54)32(8)46(56)65-38(19-2)50(15,57)44-30(6)40(51-68-36(12)55)28(4)23-49(43,14)60-26-27(3)25-59-44/h1,29-33,37-39,41-45,47,51,57H,3,19-26H2,2,4-17H3/b40-28-/t29-,30+,31+,32-,33+,37+,38-,39+,41?,42-,43-,44-,45+,47?,48-,49-,50-/m1/s1. The molecule has 4 aliphatic rings. The Balaban J connectivity index is 2.05. The number of carbonyl (C=O) groups excluding carboxylic acids is 4. The highest BCUT2D eigenvalue weighted by Crippen LogP contribution is 2.44. The second-order valence-corrected chi connectivity index (χ2v) is 20.0. The molecular formula is C50H80N2O16. The maximum absolute atomic E-state index is 14.9. The second-order valence-electron chi connectivity index (χ2n) is 20.0. The number of carbonyl (C=O) groups is 4. The van der Waals surface area contributed by atoms with E-state index in [2.05, 4.69) is 18.0 Å². The first-order valence-electron chi connectivity index (χ1n) is 23.9. The van der Waals surface area contributed by atoms with Crippen molar-refractivity contribution in [3.8, 4) is 12.3 Å². The number of hydrogen-bond donors (Lipinski definition) is 2. The Kier molecular flexibility index (Phi) is 20.1. The molecule has 0 aromatic carbocycles. The third-order valence-corrected chi connectivity index (χ3v) is 14.1. The molecule has 4 heterocycles. The topological polar surface area (TPSA) is 205 Å². The quantitative estimate of drug-likeness (QED) is 0.0812. The van der Waals surface area contributed by atoms with Crippen LogP contribution in [0.3, 0.4) is 0 Å². The largest absolute Gasteiger partial charge is 0.459 e. The molecule has 0 spiro atoms. The molecular weight excluding hydrogens is 885 g/mol. The van der Waals surface area contributed by atoms with Gasteiger partial charge in [-0.15, -0.1) is 12.3 Å². The molecule has 2 bridgehead atoms. The van der Waals surface area contributed by atoms with Crippen LogP contribution in [-0.2, 0) is 71.4 Å². The molecule has 0 amide bonds. The third-order valence-electron chi connectivity index (χ3n) is 14.1. The lowest BCUT2D eigenvalue weighted by Gasteiger charge is -2.50. The maximum Gasteiger partial charge on any atom is 0.329 e. The monoisotopic (exact) mass is 965 g/mol. The lowest BCUT2D eigenvalue weighted by atomic mass is 9.76. The van der Waals surface area contributed by atoms with E-state index in [4.69, 9.17) is 58.6 Å². The molecule has 4 rings (SSSR count). The zero-order valence-corrected chi connectivity index (χ0v) is 43.0. The SMILES string of the molecule is C#CCCN(C)[C@H]1C[C@@H](C)OC(O[C@@H]2[C@@H](C)C(O[C@H]3C[C@@](C)(OC)[C@@H](OC(C)=O)[C@H](C)O3)[C@@H](C)C(=O)O[C@H](CC)[C@@](C)(O)[C@@H]3OCC(=C)CO[C@]2(C)C/C(C)=C(\NOC(C)=O)[C@@H]3C)[C@@H]1OC(C)=O. The van der Waals surface area contributed by atoms with Crippen molar-refractivity contribution in [2.75, 3.05) is 33.9 Å². The number of likely N-dealkylation sites (N-methyl/N-ethyl adjacent to an activating group) is 1. The van der Waals surface area contributed by atoms with Gasteiger partial charge in [-0.3, -0.25) is 24.1 Å². The van der Waals surface area contributed by atoms with Gasteiger partial charge in [-0.2, -0.15) is 0 Å². The summed E-state index contributed by atoms with van der Waals surface area (Å²) in [5.41, 5.74) is 0.128. The number of aliphatic hydroxyl groups is 1. The molecule has 4 aliphatic heterocycles. The fraction of sp³-hybridized carbons (Fsp3) is 0.800. The normalized spacial score (nSPS) is 40.9. The number of nitrogens with zero attached hydrogens (tertiary/aromatic N) is 1. The molecule has 0 aromatic rings. The molecule has 0 saturated carbocycles. The molecule has 18 heteroatoms. The fourth-order valence-corrected chi connectivity index (χ4v) is 10.5. The van der Waals surface area contributed by atoms with Crippen molar-refractivity contribution in [2.24, 2.45) is 17.8 Å². The van der Waals surface area contributed by atoms with Crippen LogP contribution in [0.5, 0.6) is 0 Å². The van der Waals surface area contributed by atoms with Gasteiger partial charge >= 0.3 is 23.9 Å². The molecule has 2 saturated heterocycles. The van der Waals surface area contributed by atoms with E-state index in [0.717, 1.165) is 0 Å². The highest BCUT2D eigenvalue weighted by molar-refractivity contribution is 5.73. The van der Waals surface area contributed by atoms with Gasteiger partial charge in [0.25, 0.3) is 0 Å². The summed E-state index contributed by atoms with van der Waals surface area (Å²) < 4.78 is 65.2. The molecule has 17 atom stereocenters. The zero-order valence-electron chi connectivity index (χ0n) is 43.0. The summed E-state index contributed by atoms with van der Waals surface area (Å²) >= 11 is 0. The Morgan fingerprint density at radius 3 is 2.21 bits per heavy atom. The lowest BCUT2D eigenvalue weighted by Crippen LogP contribution is -2.62. The lowest BCUT2D eigenvalue weighted by molar-refractivity contribution is -0.321. The molecule has 2 unspecified atom stereocenters. The van der Waals surface area contributed by atoms with Gasteiger partial charge < -0.3 is 57.3 Å². The van der Waals surface area contributed by atoms with Crippen LogP contribution in [0, 0.1) is 30.1 Å². The van der Waals surface area contributed by atoms with Crippen LogP contribution >= 0.6 is 0 Å². The van der Waals surface area contributed by atoms with Gasteiger partial charge in [-0.05, 0) is 79.5 Å². The van der Waals surface area contributed by atoms with Gasteiger partial charge in [-0.25, -0.2) is 5.48 Å². The first-order valence-corrected chi connectivity index (χ1v) is 23.9. The van der Waals surface area contributed by atoms with Crippen LogP contribution in [0.1, 0.15) is 122 Å². The molecule has 2 N–H and O–H groups in total. The van der Waals surface area contributed by atoms with Gasteiger partial charge in [0, 0.05) is 65.5 Å². The minimum Gasteiger partial charge on any atom is -0.459 e. The van der Waals surface area contributed by atoms with Gasteiger partial charge in [0.1, 0.15) is 17.3 Å². The van der Waals surface area contributed by atoms with Crippen molar-refractivity contribution in [3.05, 3.63) is 23.4 Å². The van der Waals surface area contributed by atoms with E-state index in [1.807, 2.05) is 46.6 Å². The van der Waals surface area contributed by atoms with E-state index in [1.54, 1.807) is 34.6 Å². The van der Waals surface area contributed by atoms with Crippen molar-refractivity contribution in [1.82, 2.24) is 10.4 Å². The molecule has 0 radical (unpaired) electrons. The molecule has 68 heavy (non-hydrogen) atoms. The molecule has 2 fully saturated rings. The van der Waals surface area contributed by atoms with E-state index < -0.39 is 114 Å². The number of ether oxygens (including phenoxy) is 10. The third kappa shape index (κ3) is 13.6. The average Bonchev–Trinajstić information content (AvgIpc) is 3.26. The number of fused-ring (bicyclic) bond motifs is 4. The summed E-state index contributed by atoms with van der Waals surface area (Å²) in [6.07, 6.45) is -2.50. The van der Waals surface area contributed by atoms with Crippen molar-refractivity contribution in [3.63, 3.8) is 0 Å². The first-order chi connectivity index (χ1) is 31.7. The maximum atomic E-state index is 14.9. The highest BCUT2D eigenvalue weighted by atomic mass is 16.7. The number of nitrogens with one attached hydrogen (secondary N) is 1. The number of terminal acetylenes is 1. The predicted molar refractivity (Wildman–Crippen MR) is 248 cm³/mol. The minimum absolute atomic E-state index is 0.0419. The predicted octanol–water partition coefficient (Wildman–Crippen LogP) is 5.08. The van der Waals surface area contributed by atoms with Gasteiger partial charge in [0.05, 0.1) is 67.0 Å². The van der Waals surface area contributed by atoms with Gasteiger partial charge in [-0.1, -0.05) is 27.4 Å². The summed E-state index contributed by atoms with van der Waals surface area (Å²) in [5.74, 6) is -2.31. The van der Waals surface area contributed by atoms with E-state index >= 15 is 0 Å². The first kappa shape index (κ1) is 56.9. The molecule has 0 aliphatic carbocycles. The van der Waals surface area contributed by atoms with Gasteiger partial charge in [0.2, 0.25) is 0 Å². The number of esters is 3. The second kappa shape index (κ2) is 24.0. The number of rotatable bonds is 13. The van der Waals surface area contributed by atoms with Crippen LogP contribution in [0.2, 0.25) is 0 Å². The Morgan fingerprint density at radius 2 is 1.62 bits per heavy atom. The minimum atomic E-state index is -1.83. The number of hydroxylamine groups is 1. The van der Waals surface area contributed by atoms with Crippen LogP contribution in [-0.4, -0.2) is 152 Å². The number of hydrogen-bond acceptors (Lipinski definition) is 18. The molecule has 18 nitrogen and oxygen atoms in total. The van der Waals surface area contributed by atoms with Crippen LogP contribution in [0.4, 0.5) is 0 Å². The van der Waals surface area contributed by atoms with Crippen molar-refractivity contribution in [2.45, 2.75) is 206 Å². The van der Waals surface area contributed by atoms with E-state index in [-0.39, 0.29) is 44.6 Å². The van der Waals surface area contributed by atoms with E-state index in [9.17, 15) is 24.3 Å². The summed E-state index contributed by atoms with van der Waals surface area (Å²) in [6.45, 7) is 26.5. The average molecular weight is 965 g/mol. The van der Waals surface area contributed by atoms with Crippen LogP contribution in [0.15, 0.2) is 23.4 Å². The Morgan fingerprint density at radius 1 is 0.956 bits per heavy atom. The van der Waals surface area contributed by atoms with E-state index in [0.29, 0.717) is 36.2 Å². The van der Waals surface area contributed by atoms with Crippen LogP contribution < -0.4 is 5.48 Å². The van der Waals surface area contributed by atoms with Crippen molar-refractivity contribution < 1.29 is 76.5 Å². The number of methoxy groups -OCH3 is 1. The number of cyclic esters (lactones) is 1. The zero-order chi connectivity index (χ0) is 51.1. The van der Waals surface area contributed by atoms with Gasteiger partial charge in [0.15, 0.2) is 24.8 Å². The van der Waals surface area contributed by atoms with Crippen molar-refractivity contribution >= 4 is 23.9 Å². The Hall–Kier alpha value is -3.64. The molecule has 386 valence electrons. The van der Waals surface area contributed by atoms with E-state index in [1.165, 1.54) is 27.9 Å². The fourth-order valence-electron chi connectivity index (χ4n) is 10.5. The van der Waals surface area contributed by atoms with Crippen LogP contribution in [0.25, 0.3) is 0 Å². The summed E-state index contributed by atoms with van der Waals surface area (Å²) in [4.78, 5) is 60.0. The summed E-state index contributed by atoms with van der Waals surface area (Å²) in [7, 11) is 3.42. The van der Waals surface area contributed by atoms with Crippen molar-refractivity contribution in [1.29, 1.82) is 0 Å². The highest BCUT2D eigenvalue weighted by Gasteiger charge is 2.55. The summed E-state index contributed by atoms with van der Waals surface area (Å²) in [5, 5.41) is 12.6.